The molecule has 1 saturated heterocycles. The maximum atomic E-state index is 12.9. The van der Waals surface area contributed by atoms with E-state index in [4.69, 9.17) is 0 Å². The van der Waals surface area contributed by atoms with Gasteiger partial charge in [0, 0.05) is 38.6 Å². The third-order valence-electron chi connectivity index (χ3n) is 4.59. The van der Waals surface area contributed by atoms with Gasteiger partial charge in [-0.25, -0.2) is 0 Å². The van der Waals surface area contributed by atoms with Crippen LogP contribution in [0.2, 0.25) is 0 Å². The number of alkyl halides is 3. The van der Waals surface area contributed by atoms with Gasteiger partial charge in [0.15, 0.2) is 0 Å². The third-order valence-corrected chi connectivity index (χ3v) is 4.59. The van der Waals surface area contributed by atoms with E-state index < -0.39 is 11.7 Å². The van der Waals surface area contributed by atoms with E-state index >= 15 is 0 Å². The molecule has 1 aliphatic rings. The summed E-state index contributed by atoms with van der Waals surface area (Å²) in [6.07, 6.45) is -3.82. The lowest BCUT2D eigenvalue weighted by atomic mass is 9.91. The summed E-state index contributed by atoms with van der Waals surface area (Å²) in [6, 6.07) is 5.40. The summed E-state index contributed by atoms with van der Waals surface area (Å²) in [4.78, 5) is 16.3. The number of hydrogen-bond donors (Lipinski definition) is 0. The van der Waals surface area contributed by atoms with E-state index in [9.17, 15) is 18.0 Å². The van der Waals surface area contributed by atoms with Crippen LogP contribution < -0.4 is 0 Å². The number of piperazine rings is 1. The van der Waals surface area contributed by atoms with Gasteiger partial charge in [-0.1, -0.05) is 32.9 Å². The molecule has 0 aliphatic carbocycles. The van der Waals surface area contributed by atoms with Crippen molar-refractivity contribution < 1.29 is 18.0 Å². The standard InChI is InChI=1S/C19H27F3N2O/c1-14(15-6-5-7-16(12-15)19(20,21)22)23-8-10-24(11-9-23)17(25)13-18(2,3)4/h5-7,12,14H,8-11,13H2,1-4H3. The molecule has 2 rings (SSSR count). The van der Waals surface area contributed by atoms with Crippen molar-refractivity contribution in [2.45, 2.75) is 46.3 Å². The normalized spacial score (nSPS) is 18.3. The van der Waals surface area contributed by atoms with E-state index in [0.29, 0.717) is 38.2 Å². The fourth-order valence-corrected chi connectivity index (χ4v) is 3.11. The van der Waals surface area contributed by atoms with Gasteiger partial charge in [0.1, 0.15) is 0 Å². The summed E-state index contributed by atoms with van der Waals surface area (Å²) >= 11 is 0. The molecule has 1 amide bonds. The number of benzene rings is 1. The average molecular weight is 356 g/mol. The number of halogens is 3. The van der Waals surface area contributed by atoms with Crippen LogP contribution in [0.1, 0.15) is 51.3 Å². The van der Waals surface area contributed by atoms with Crippen molar-refractivity contribution in [3.63, 3.8) is 0 Å². The first-order valence-corrected chi connectivity index (χ1v) is 8.66. The second-order valence-electron chi connectivity index (χ2n) is 7.95. The zero-order valence-electron chi connectivity index (χ0n) is 15.4. The molecule has 0 radical (unpaired) electrons. The zero-order chi connectivity index (χ0) is 18.8. The van der Waals surface area contributed by atoms with Gasteiger partial charge in [-0.3, -0.25) is 9.69 Å². The number of rotatable bonds is 3. The summed E-state index contributed by atoms with van der Waals surface area (Å²) in [6.45, 7) is 10.6. The van der Waals surface area contributed by atoms with E-state index in [-0.39, 0.29) is 17.4 Å². The number of carbonyl (C=O) groups excluding carboxylic acids is 1. The van der Waals surface area contributed by atoms with Crippen LogP contribution in [0, 0.1) is 5.41 Å². The topological polar surface area (TPSA) is 23.6 Å². The van der Waals surface area contributed by atoms with E-state index in [0.717, 1.165) is 6.07 Å². The van der Waals surface area contributed by atoms with E-state index in [2.05, 4.69) is 4.90 Å². The second-order valence-corrected chi connectivity index (χ2v) is 7.95. The quantitative estimate of drug-likeness (QED) is 0.804. The van der Waals surface area contributed by atoms with Gasteiger partial charge >= 0.3 is 6.18 Å². The molecular weight excluding hydrogens is 329 g/mol. The molecule has 1 aliphatic heterocycles. The molecule has 0 aromatic heterocycles. The molecule has 3 nitrogen and oxygen atoms in total. The Morgan fingerprint density at radius 2 is 1.72 bits per heavy atom. The molecule has 0 N–H and O–H groups in total. The first kappa shape index (κ1) is 19.8. The van der Waals surface area contributed by atoms with Crippen LogP contribution in [0.4, 0.5) is 13.2 Å². The molecule has 0 saturated carbocycles. The molecule has 25 heavy (non-hydrogen) atoms. The Labute approximate surface area is 147 Å². The predicted molar refractivity (Wildman–Crippen MR) is 92.1 cm³/mol. The van der Waals surface area contributed by atoms with Gasteiger partial charge < -0.3 is 4.90 Å². The van der Waals surface area contributed by atoms with Gasteiger partial charge in [-0.2, -0.15) is 13.2 Å². The predicted octanol–water partition coefficient (Wildman–Crippen LogP) is 4.35. The molecule has 1 heterocycles. The Balaban J connectivity index is 1.98. The Morgan fingerprint density at radius 3 is 2.24 bits per heavy atom. The second kappa shape index (κ2) is 7.36. The monoisotopic (exact) mass is 356 g/mol. The number of nitrogens with zero attached hydrogens (tertiary/aromatic N) is 2. The maximum absolute atomic E-state index is 12.9. The first-order valence-electron chi connectivity index (χ1n) is 8.66. The van der Waals surface area contributed by atoms with Crippen molar-refractivity contribution in [3.05, 3.63) is 35.4 Å². The van der Waals surface area contributed by atoms with Crippen LogP contribution in [0.15, 0.2) is 24.3 Å². The SMILES string of the molecule is CC(c1cccc(C(F)(F)F)c1)N1CCN(C(=O)CC(C)(C)C)CC1. The van der Waals surface area contributed by atoms with Crippen LogP contribution in [0.5, 0.6) is 0 Å². The van der Waals surface area contributed by atoms with Gasteiger partial charge in [0.2, 0.25) is 5.91 Å². The molecule has 1 aromatic rings. The van der Waals surface area contributed by atoms with Crippen molar-refractivity contribution in [2.24, 2.45) is 5.41 Å². The molecule has 1 unspecified atom stereocenters. The highest BCUT2D eigenvalue weighted by atomic mass is 19.4. The van der Waals surface area contributed by atoms with Crippen molar-refractivity contribution in [1.82, 2.24) is 9.80 Å². The van der Waals surface area contributed by atoms with Crippen LogP contribution >= 0.6 is 0 Å². The molecule has 1 atom stereocenters. The largest absolute Gasteiger partial charge is 0.416 e. The number of carbonyl (C=O) groups is 1. The minimum atomic E-state index is -4.33. The van der Waals surface area contributed by atoms with Gasteiger partial charge in [0.05, 0.1) is 5.56 Å². The minimum Gasteiger partial charge on any atom is -0.340 e. The van der Waals surface area contributed by atoms with Gasteiger partial charge in [0.25, 0.3) is 0 Å². The minimum absolute atomic E-state index is 0.0421. The molecule has 1 fully saturated rings. The fraction of sp³-hybridized carbons (Fsp3) is 0.632. The Bertz CT molecular complexity index is 599. The Hall–Kier alpha value is -1.56. The Morgan fingerprint density at radius 1 is 1.12 bits per heavy atom. The van der Waals surface area contributed by atoms with Crippen LogP contribution in [-0.4, -0.2) is 41.9 Å². The zero-order valence-corrected chi connectivity index (χ0v) is 15.4. The molecule has 140 valence electrons. The van der Waals surface area contributed by atoms with Crippen molar-refractivity contribution >= 4 is 5.91 Å². The van der Waals surface area contributed by atoms with Gasteiger partial charge in [-0.05, 0) is 30.0 Å². The Kier molecular flexibility index (Phi) is 5.82. The molecule has 6 heteroatoms. The molecular formula is C19H27F3N2O. The summed E-state index contributed by atoms with van der Waals surface area (Å²) in [5, 5.41) is 0. The summed E-state index contributed by atoms with van der Waals surface area (Å²) in [5.41, 5.74) is -0.000329. The lowest BCUT2D eigenvalue weighted by Crippen LogP contribution is -2.49. The average Bonchev–Trinajstić information content (AvgIpc) is 2.52. The highest BCUT2D eigenvalue weighted by Gasteiger charge is 2.32. The lowest BCUT2D eigenvalue weighted by Gasteiger charge is -2.39. The van der Waals surface area contributed by atoms with Crippen molar-refractivity contribution in [1.29, 1.82) is 0 Å². The maximum Gasteiger partial charge on any atom is 0.416 e. The fourth-order valence-electron chi connectivity index (χ4n) is 3.11. The van der Waals surface area contributed by atoms with Crippen LogP contribution in [0.25, 0.3) is 0 Å². The van der Waals surface area contributed by atoms with E-state index in [1.165, 1.54) is 12.1 Å². The molecule has 0 spiro atoms. The highest BCUT2D eigenvalue weighted by Crippen LogP contribution is 2.32. The molecule has 1 aromatic carbocycles. The third kappa shape index (κ3) is 5.46. The van der Waals surface area contributed by atoms with Crippen LogP contribution in [0.3, 0.4) is 0 Å². The first-order chi connectivity index (χ1) is 11.5. The van der Waals surface area contributed by atoms with E-state index in [1.807, 2.05) is 32.6 Å². The summed E-state index contributed by atoms with van der Waals surface area (Å²) in [7, 11) is 0. The summed E-state index contributed by atoms with van der Waals surface area (Å²) in [5.74, 6) is 0.152. The molecule has 0 bridgehead atoms. The van der Waals surface area contributed by atoms with Crippen LogP contribution in [-0.2, 0) is 11.0 Å². The van der Waals surface area contributed by atoms with Gasteiger partial charge in [-0.15, -0.1) is 0 Å². The number of hydrogen-bond acceptors (Lipinski definition) is 2. The van der Waals surface area contributed by atoms with Crippen molar-refractivity contribution in [3.8, 4) is 0 Å². The highest BCUT2D eigenvalue weighted by molar-refractivity contribution is 5.76. The van der Waals surface area contributed by atoms with E-state index in [1.54, 1.807) is 6.07 Å². The van der Waals surface area contributed by atoms with Crippen molar-refractivity contribution in [2.75, 3.05) is 26.2 Å². The number of amides is 1. The summed E-state index contributed by atoms with van der Waals surface area (Å²) < 4.78 is 38.7. The lowest BCUT2D eigenvalue weighted by molar-refractivity contribution is -0.138. The smallest absolute Gasteiger partial charge is 0.340 e.